The molecule has 1 amide bonds. The Morgan fingerprint density at radius 1 is 1.35 bits per heavy atom. The predicted molar refractivity (Wildman–Crippen MR) is 99.9 cm³/mol. The lowest BCUT2D eigenvalue weighted by atomic mass is 10.0. The van der Waals surface area contributed by atoms with Crippen LogP contribution in [-0.4, -0.2) is 51.5 Å². The Kier molecular flexibility index (Phi) is 6.04. The van der Waals surface area contributed by atoms with Crippen molar-refractivity contribution < 1.29 is 9.32 Å². The lowest BCUT2D eigenvalue weighted by Gasteiger charge is -2.39. The molecule has 1 fully saturated rings. The zero-order valence-electron chi connectivity index (χ0n) is 15.9. The molecule has 2 aromatic heterocycles. The van der Waals surface area contributed by atoms with Gasteiger partial charge in [-0.2, -0.15) is 0 Å². The van der Waals surface area contributed by atoms with Crippen molar-refractivity contribution in [2.45, 2.75) is 52.6 Å². The van der Waals surface area contributed by atoms with E-state index in [1.54, 1.807) is 0 Å². The Balaban J connectivity index is 1.71. The van der Waals surface area contributed by atoms with E-state index in [0.717, 1.165) is 44.7 Å². The number of likely N-dealkylation sites (N-methyl/N-ethyl adjacent to an activating group) is 1. The van der Waals surface area contributed by atoms with Crippen molar-refractivity contribution in [1.82, 2.24) is 19.9 Å². The molecule has 0 bridgehead atoms. The fourth-order valence-corrected chi connectivity index (χ4v) is 3.75. The fourth-order valence-electron chi connectivity index (χ4n) is 3.75. The van der Waals surface area contributed by atoms with Crippen LogP contribution in [0.3, 0.4) is 0 Å². The van der Waals surface area contributed by atoms with Gasteiger partial charge in [0, 0.05) is 38.1 Å². The van der Waals surface area contributed by atoms with Crippen LogP contribution in [0, 0.1) is 6.92 Å². The lowest BCUT2D eigenvalue weighted by Crippen LogP contribution is -2.49. The van der Waals surface area contributed by atoms with Crippen LogP contribution in [0.1, 0.15) is 54.1 Å². The van der Waals surface area contributed by atoms with Gasteiger partial charge in [0.1, 0.15) is 11.3 Å². The second kappa shape index (κ2) is 8.45. The van der Waals surface area contributed by atoms with E-state index in [1.807, 2.05) is 31.1 Å². The zero-order valence-corrected chi connectivity index (χ0v) is 15.9. The minimum atomic E-state index is 0.0604. The molecule has 1 aliphatic heterocycles. The third-order valence-corrected chi connectivity index (χ3v) is 5.22. The van der Waals surface area contributed by atoms with Gasteiger partial charge in [-0.3, -0.25) is 14.7 Å². The largest absolute Gasteiger partial charge is 0.361 e. The summed E-state index contributed by atoms with van der Waals surface area (Å²) in [5, 5.41) is 4.04. The molecule has 26 heavy (non-hydrogen) atoms. The van der Waals surface area contributed by atoms with Crippen molar-refractivity contribution in [3.8, 4) is 0 Å². The number of nitrogens with zero attached hydrogens (tertiary/aromatic N) is 4. The summed E-state index contributed by atoms with van der Waals surface area (Å²) in [6.45, 7) is 9.41. The van der Waals surface area contributed by atoms with Gasteiger partial charge in [-0.05, 0) is 50.4 Å². The standard InChI is InChI=1S/C20H28N4O2/c1-4-18-19(15(3)26-22-18)20(25)24-12-6-7-17(14-24)23(5-2)13-16-8-10-21-11-9-16/h8-11,17H,4-7,12-14H2,1-3H3. The molecule has 0 N–H and O–H groups in total. The third-order valence-electron chi connectivity index (χ3n) is 5.22. The molecule has 6 nitrogen and oxygen atoms in total. The molecule has 1 atom stereocenters. The van der Waals surface area contributed by atoms with Crippen LogP contribution in [0.4, 0.5) is 0 Å². The van der Waals surface area contributed by atoms with Crippen LogP contribution in [0.25, 0.3) is 0 Å². The summed E-state index contributed by atoms with van der Waals surface area (Å²) in [7, 11) is 0. The van der Waals surface area contributed by atoms with Crippen molar-refractivity contribution in [3.05, 3.63) is 47.1 Å². The molecule has 0 saturated carbocycles. The molecule has 3 heterocycles. The number of amides is 1. The maximum atomic E-state index is 13.1. The van der Waals surface area contributed by atoms with Crippen LogP contribution in [0.2, 0.25) is 0 Å². The molecule has 0 spiro atoms. The smallest absolute Gasteiger partial charge is 0.259 e. The number of carbonyl (C=O) groups excluding carboxylic acids is 1. The monoisotopic (exact) mass is 356 g/mol. The molecule has 1 unspecified atom stereocenters. The average molecular weight is 356 g/mol. The van der Waals surface area contributed by atoms with Crippen LogP contribution < -0.4 is 0 Å². The van der Waals surface area contributed by atoms with E-state index in [4.69, 9.17) is 4.52 Å². The maximum Gasteiger partial charge on any atom is 0.259 e. The summed E-state index contributed by atoms with van der Waals surface area (Å²) in [5.41, 5.74) is 2.68. The van der Waals surface area contributed by atoms with Crippen LogP contribution in [0.5, 0.6) is 0 Å². The van der Waals surface area contributed by atoms with Gasteiger partial charge in [0.15, 0.2) is 0 Å². The Morgan fingerprint density at radius 3 is 2.81 bits per heavy atom. The summed E-state index contributed by atoms with van der Waals surface area (Å²) < 4.78 is 5.26. The second-order valence-corrected chi connectivity index (χ2v) is 6.88. The van der Waals surface area contributed by atoms with E-state index in [0.29, 0.717) is 23.8 Å². The molecule has 140 valence electrons. The molecule has 2 aromatic rings. The third kappa shape index (κ3) is 3.96. The van der Waals surface area contributed by atoms with E-state index < -0.39 is 0 Å². The molecule has 1 aliphatic rings. The zero-order chi connectivity index (χ0) is 18.5. The summed E-state index contributed by atoms with van der Waals surface area (Å²) >= 11 is 0. The van der Waals surface area contributed by atoms with E-state index in [-0.39, 0.29) is 5.91 Å². The lowest BCUT2D eigenvalue weighted by molar-refractivity contribution is 0.0567. The molecular weight excluding hydrogens is 328 g/mol. The number of rotatable bonds is 6. The summed E-state index contributed by atoms with van der Waals surface area (Å²) in [5.74, 6) is 0.684. The number of hydrogen-bond donors (Lipinski definition) is 0. The van der Waals surface area contributed by atoms with Crippen molar-refractivity contribution in [2.75, 3.05) is 19.6 Å². The van der Waals surface area contributed by atoms with Crippen LogP contribution >= 0.6 is 0 Å². The first kappa shape index (κ1) is 18.6. The average Bonchev–Trinajstić information content (AvgIpc) is 3.07. The summed E-state index contributed by atoms with van der Waals surface area (Å²) in [6.07, 6.45) is 6.52. The molecular formula is C20H28N4O2. The van der Waals surface area contributed by atoms with Crippen molar-refractivity contribution in [2.24, 2.45) is 0 Å². The highest BCUT2D eigenvalue weighted by molar-refractivity contribution is 5.96. The summed E-state index contributed by atoms with van der Waals surface area (Å²) in [6, 6.07) is 4.49. The maximum absolute atomic E-state index is 13.1. The predicted octanol–water partition coefficient (Wildman–Crippen LogP) is 3.07. The Morgan fingerprint density at radius 2 is 2.12 bits per heavy atom. The normalized spacial score (nSPS) is 17.7. The van der Waals surface area contributed by atoms with E-state index in [1.165, 1.54) is 5.56 Å². The first-order valence-electron chi connectivity index (χ1n) is 9.51. The molecule has 0 aliphatic carbocycles. The number of likely N-dealkylation sites (tertiary alicyclic amines) is 1. The van der Waals surface area contributed by atoms with Gasteiger partial charge in [-0.25, -0.2) is 0 Å². The van der Waals surface area contributed by atoms with Gasteiger partial charge in [0.05, 0.1) is 5.69 Å². The Labute approximate surface area is 155 Å². The first-order valence-corrected chi connectivity index (χ1v) is 9.51. The van der Waals surface area contributed by atoms with Gasteiger partial charge in [-0.15, -0.1) is 0 Å². The highest BCUT2D eigenvalue weighted by atomic mass is 16.5. The molecule has 0 radical (unpaired) electrons. The number of carbonyl (C=O) groups is 1. The van der Waals surface area contributed by atoms with E-state index in [2.05, 4.69) is 34.1 Å². The van der Waals surface area contributed by atoms with Gasteiger partial charge < -0.3 is 9.42 Å². The van der Waals surface area contributed by atoms with Crippen molar-refractivity contribution in [3.63, 3.8) is 0 Å². The SMILES string of the molecule is CCc1noc(C)c1C(=O)N1CCCC(N(CC)Cc2ccncc2)C1. The topological polar surface area (TPSA) is 62.5 Å². The molecule has 1 saturated heterocycles. The summed E-state index contributed by atoms with van der Waals surface area (Å²) in [4.78, 5) is 21.6. The van der Waals surface area contributed by atoms with Gasteiger partial charge in [0.2, 0.25) is 0 Å². The number of pyridine rings is 1. The highest BCUT2D eigenvalue weighted by Gasteiger charge is 2.30. The van der Waals surface area contributed by atoms with Gasteiger partial charge >= 0.3 is 0 Å². The molecule has 3 rings (SSSR count). The first-order chi connectivity index (χ1) is 12.6. The quantitative estimate of drug-likeness (QED) is 0.796. The Bertz CT molecular complexity index is 729. The second-order valence-electron chi connectivity index (χ2n) is 6.88. The molecule has 6 heteroatoms. The van der Waals surface area contributed by atoms with Crippen LogP contribution in [0.15, 0.2) is 29.0 Å². The highest BCUT2D eigenvalue weighted by Crippen LogP contribution is 2.22. The van der Waals surface area contributed by atoms with E-state index in [9.17, 15) is 4.79 Å². The number of hydrogen-bond acceptors (Lipinski definition) is 5. The Hall–Kier alpha value is -2.21. The van der Waals surface area contributed by atoms with Gasteiger partial charge in [-0.1, -0.05) is 19.0 Å². The number of piperidine rings is 1. The fraction of sp³-hybridized carbons (Fsp3) is 0.550. The number of aryl methyl sites for hydroxylation is 2. The van der Waals surface area contributed by atoms with Crippen molar-refractivity contribution >= 4 is 5.91 Å². The minimum Gasteiger partial charge on any atom is -0.361 e. The number of aromatic nitrogens is 2. The van der Waals surface area contributed by atoms with Crippen molar-refractivity contribution in [1.29, 1.82) is 0 Å². The van der Waals surface area contributed by atoms with E-state index >= 15 is 0 Å². The minimum absolute atomic E-state index is 0.0604. The molecule has 0 aromatic carbocycles. The van der Waals surface area contributed by atoms with Crippen LogP contribution in [-0.2, 0) is 13.0 Å². The van der Waals surface area contributed by atoms with Gasteiger partial charge in [0.25, 0.3) is 5.91 Å².